The average Bonchev–Trinajstić information content (AvgIpc) is 3.95. The minimum absolute atomic E-state index is 0.0178. The second-order valence-electron chi connectivity index (χ2n) is 19.4. The summed E-state index contributed by atoms with van der Waals surface area (Å²) in [5.74, 6) is -4.80. The number of likely N-dealkylation sites (N-methyl/N-ethyl adjacent to an activating group) is 1. The number of nitrogens with one attached hydrogen (secondary N) is 1. The topological polar surface area (TPSA) is 263 Å². The van der Waals surface area contributed by atoms with Gasteiger partial charge in [0.25, 0.3) is 5.69 Å². The number of Topliss-reactive ketones (excluding diaryl/α,β-unsaturated/α-hetero) is 1. The van der Waals surface area contributed by atoms with Gasteiger partial charge in [0.15, 0.2) is 12.1 Å². The first-order chi connectivity index (χ1) is 31.3. The number of fused-ring (bicyclic) bond motifs is 2. The number of benzene rings is 1. The number of carbonyl (C=O) groups excluding carboxylic acids is 2. The molecule has 5 heterocycles. The van der Waals surface area contributed by atoms with Crippen LogP contribution in [0.5, 0.6) is 0 Å². The Labute approximate surface area is 386 Å². The van der Waals surface area contributed by atoms with Crippen LogP contribution in [-0.4, -0.2) is 163 Å². The summed E-state index contributed by atoms with van der Waals surface area (Å²) in [5, 5.41) is 73.6. The number of carbonyl (C=O) groups is 2. The van der Waals surface area contributed by atoms with E-state index in [1.807, 2.05) is 25.8 Å². The first-order valence-electron chi connectivity index (χ1n) is 23.4. The Morgan fingerprint density at radius 1 is 1.14 bits per heavy atom. The van der Waals surface area contributed by atoms with Crippen molar-refractivity contribution in [3.63, 3.8) is 0 Å². The molecule has 4 saturated heterocycles. The number of nitrogens with zero attached hydrogens (tertiary/aromatic N) is 6. The number of rotatable bonds is 14. The lowest BCUT2D eigenvalue weighted by Crippen LogP contribution is -2.59. The number of aromatic nitrogens is 3. The van der Waals surface area contributed by atoms with E-state index in [-0.39, 0.29) is 44.0 Å². The van der Waals surface area contributed by atoms with Crippen molar-refractivity contribution in [1.29, 1.82) is 0 Å². The van der Waals surface area contributed by atoms with E-state index in [0.29, 0.717) is 43.8 Å². The summed E-state index contributed by atoms with van der Waals surface area (Å²) in [6.07, 6.45) is -1.42. The van der Waals surface area contributed by atoms with Crippen molar-refractivity contribution < 1.29 is 58.7 Å². The number of cyclic esters (lactones) is 1. The maximum Gasteiger partial charge on any atom is 0.316 e. The molecule has 2 bridgehead atoms. The number of hydrogen-bond donors (Lipinski definition) is 5. The molecule has 66 heavy (non-hydrogen) atoms. The van der Waals surface area contributed by atoms with Crippen LogP contribution in [0, 0.1) is 33.8 Å². The number of esters is 1. The maximum absolute atomic E-state index is 14.4. The predicted octanol–water partition coefficient (Wildman–Crippen LogP) is 2.53. The highest BCUT2D eigenvalue weighted by Crippen LogP contribution is 2.43. The average molecular weight is 930 g/mol. The van der Waals surface area contributed by atoms with Gasteiger partial charge in [0.2, 0.25) is 0 Å². The molecule has 5 N–H and O–H groups in total. The molecule has 4 aliphatic rings. The van der Waals surface area contributed by atoms with Crippen molar-refractivity contribution in [2.24, 2.45) is 28.8 Å². The highest BCUT2D eigenvalue weighted by molar-refractivity contribution is 6.00. The number of aliphatic hydroxyl groups excluding tert-OH is 3. The number of ether oxygens (including phenoxy) is 4. The molecule has 4 fully saturated rings. The van der Waals surface area contributed by atoms with Crippen LogP contribution in [0.1, 0.15) is 97.9 Å². The Kier molecular flexibility index (Phi) is 17.1. The smallest absolute Gasteiger partial charge is 0.316 e. The van der Waals surface area contributed by atoms with Crippen LogP contribution in [0.2, 0.25) is 0 Å². The molecule has 1 unspecified atom stereocenters. The van der Waals surface area contributed by atoms with Gasteiger partial charge < -0.3 is 54.4 Å². The second-order valence-corrected chi connectivity index (χ2v) is 19.4. The van der Waals surface area contributed by atoms with E-state index in [4.69, 9.17) is 23.8 Å². The molecule has 4 aliphatic heterocycles. The zero-order chi connectivity index (χ0) is 48.1. The van der Waals surface area contributed by atoms with Crippen molar-refractivity contribution >= 4 is 23.2 Å². The van der Waals surface area contributed by atoms with Crippen molar-refractivity contribution in [3.05, 3.63) is 51.8 Å². The zero-order valence-electron chi connectivity index (χ0n) is 39.5. The molecule has 0 saturated carbocycles. The van der Waals surface area contributed by atoms with E-state index in [1.165, 1.54) is 26.0 Å². The van der Waals surface area contributed by atoms with Gasteiger partial charge in [-0.15, -0.1) is 5.10 Å². The van der Waals surface area contributed by atoms with Crippen molar-refractivity contribution in [3.8, 4) is 0 Å². The summed E-state index contributed by atoms with van der Waals surface area (Å²) in [5.41, 5.74) is -1.21. The minimum atomic E-state index is -1.92. The SMILES string of the molecule is CC[C@H]1OC(=O)[C@H](C)C(=O)[C@H](C)[C@@H](O[C@@H]2O[C@H](C)C[C@H](N(C)CCc3cn(C(CO)Cc4ccc([N+](=O)[O-])cc4)nn3)[C@H]2O)[C@@]2(C)C[C@@H](CO2)/C(=N\O[C@@H]2CCCNC2)[C@H](C)[C@@H](O)[C@]1(C)O. The normalized spacial score (nSPS) is 37.1. The standard InChI is InChI=1S/C46H71N7O13/c1-9-37-46(7,59)41(57)27(3)38(49-66-35-11-10-17-47-22-35)31-21-45(6,62-25-31)42(28(4)39(55)29(5)43(58)64-37)65-44-40(56)36(19-26(2)63-44)51(8)18-16-32-23-52(50-48-32)34(24-54)20-30-12-14-33(15-13-30)53(60)61/h12-15,23,26-29,31,34-37,40-42,44,47,54,56-57,59H,9-11,16-22,24-25H2,1-8H3/b49-38-/t26-,27+,28+,29-,31+,34?,35-,36+,37-,40-,41-,42-,44+,45-,46-/m1/s1. The van der Waals surface area contributed by atoms with Crippen LogP contribution in [0.4, 0.5) is 5.69 Å². The number of hydrogen-bond acceptors (Lipinski definition) is 18. The number of nitro benzene ring substituents is 1. The van der Waals surface area contributed by atoms with Gasteiger partial charge in [-0.3, -0.25) is 19.7 Å². The molecule has 15 atom stereocenters. The van der Waals surface area contributed by atoms with Gasteiger partial charge in [-0.05, 0) is 85.4 Å². The Bertz CT molecular complexity index is 1980. The first-order valence-corrected chi connectivity index (χ1v) is 23.4. The molecular weight excluding hydrogens is 859 g/mol. The molecule has 2 aromatic rings. The summed E-state index contributed by atoms with van der Waals surface area (Å²) in [6, 6.07) is 5.26. The maximum atomic E-state index is 14.4. The predicted molar refractivity (Wildman–Crippen MR) is 239 cm³/mol. The molecule has 6 rings (SSSR count). The third kappa shape index (κ3) is 11.6. The van der Waals surface area contributed by atoms with Gasteiger partial charge in [0, 0.05) is 61.6 Å². The highest BCUT2D eigenvalue weighted by atomic mass is 16.7. The van der Waals surface area contributed by atoms with E-state index in [1.54, 1.807) is 43.8 Å². The fourth-order valence-corrected chi connectivity index (χ4v) is 10.1. The Hall–Kier alpha value is -3.99. The van der Waals surface area contributed by atoms with Crippen LogP contribution in [0.3, 0.4) is 0 Å². The lowest BCUT2D eigenvalue weighted by molar-refractivity contribution is -0.384. The third-order valence-corrected chi connectivity index (χ3v) is 14.3. The van der Waals surface area contributed by atoms with Gasteiger partial charge in [-0.1, -0.05) is 43.3 Å². The van der Waals surface area contributed by atoms with E-state index in [2.05, 4.69) is 20.8 Å². The van der Waals surface area contributed by atoms with Gasteiger partial charge in [-0.25, -0.2) is 4.68 Å². The van der Waals surface area contributed by atoms with Crippen molar-refractivity contribution in [1.82, 2.24) is 25.2 Å². The molecule has 1 aromatic heterocycles. The summed E-state index contributed by atoms with van der Waals surface area (Å²) in [6.45, 7) is 13.6. The number of non-ortho nitro benzene ring substituents is 1. The summed E-state index contributed by atoms with van der Waals surface area (Å²) >= 11 is 0. The Morgan fingerprint density at radius 2 is 1.86 bits per heavy atom. The van der Waals surface area contributed by atoms with Crippen molar-refractivity contribution in [2.75, 3.05) is 39.9 Å². The zero-order valence-corrected chi connectivity index (χ0v) is 39.5. The molecule has 20 heteroatoms. The van der Waals surface area contributed by atoms with Gasteiger partial charge in [0.1, 0.15) is 29.8 Å². The Balaban J connectivity index is 1.21. The molecule has 0 radical (unpaired) electrons. The van der Waals surface area contributed by atoms with Crippen LogP contribution >= 0.6 is 0 Å². The summed E-state index contributed by atoms with van der Waals surface area (Å²) in [7, 11) is 1.88. The van der Waals surface area contributed by atoms with Crippen LogP contribution in [-0.2, 0) is 46.2 Å². The van der Waals surface area contributed by atoms with E-state index < -0.39 is 94.3 Å². The number of ketones is 1. The number of aliphatic hydroxyl groups is 4. The Morgan fingerprint density at radius 3 is 2.52 bits per heavy atom. The lowest BCUT2D eigenvalue weighted by Gasteiger charge is -2.46. The fourth-order valence-electron chi connectivity index (χ4n) is 10.1. The van der Waals surface area contributed by atoms with E-state index in [0.717, 1.165) is 24.9 Å². The molecular formula is C46H71N7O13. The molecule has 1 aromatic carbocycles. The lowest BCUT2D eigenvalue weighted by atomic mass is 9.75. The fraction of sp³-hybridized carbons (Fsp3) is 0.761. The quantitative estimate of drug-likeness (QED) is 0.0789. The van der Waals surface area contributed by atoms with Crippen molar-refractivity contribution in [2.45, 2.75) is 160 Å². The van der Waals surface area contributed by atoms with Crippen LogP contribution in [0.15, 0.2) is 35.6 Å². The number of oxime groups is 1. The summed E-state index contributed by atoms with van der Waals surface area (Å²) < 4.78 is 27.1. The van der Waals surface area contributed by atoms with Gasteiger partial charge in [-0.2, -0.15) is 0 Å². The van der Waals surface area contributed by atoms with Crippen LogP contribution < -0.4 is 5.32 Å². The first kappa shape index (κ1) is 51.4. The number of nitro groups is 1. The molecule has 0 aliphatic carbocycles. The molecule has 0 amide bonds. The monoisotopic (exact) mass is 930 g/mol. The number of piperidine rings is 1. The molecule has 20 nitrogen and oxygen atoms in total. The molecule has 0 spiro atoms. The third-order valence-electron chi connectivity index (χ3n) is 14.3. The largest absolute Gasteiger partial charge is 0.459 e. The van der Waals surface area contributed by atoms with Gasteiger partial charge >= 0.3 is 5.97 Å². The molecule has 368 valence electrons. The van der Waals surface area contributed by atoms with Crippen LogP contribution in [0.25, 0.3) is 0 Å². The highest BCUT2D eigenvalue weighted by Gasteiger charge is 2.55. The minimum Gasteiger partial charge on any atom is -0.459 e. The second kappa shape index (κ2) is 22.0. The summed E-state index contributed by atoms with van der Waals surface area (Å²) in [4.78, 5) is 46.8. The van der Waals surface area contributed by atoms with E-state index in [9.17, 15) is 40.1 Å². The van der Waals surface area contributed by atoms with E-state index >= 15 is 0 Å². The van der Waals surface area contributed by atoms with Gasteiger partial charge in [0.05, 0.1) is 59.5 Å².